The second kappa shape index (κ2) is 5.98. The van der Waals surface area contributed by atoms with E-state index in [-0.39, 0.29) is 12.5 Å². The maximum atomic E-state index is 11.6. The molecule has 0 saturated carbocycles. The smallest absolute Gasteiger partial charge is 0.243 e. The summed E-state index contributed by atoms with van der Waals surface area (Å²) in [6, 6.07) is 4.93. The van der Waals surface area contributed by atoms with Gasteiger partial charge in [0.05, 0.1) is 6.61 Å². The maximum Gasteiger partial charge on any atom is 0.243 e. The first-order chi connectivity index (χ1) is 7.54. The van der Waals surface area contributed by atoms with Crippen LogP contribution in [0.4, 0.5) is 5.69 Å². The highest BCUT2D eigenvalue weighted by atomic mass is 79.9. The molecule has 0 aliphatic carbocycles. The molecular weight excluding hydrogens is 272 g/mol. The summed E-state index contributed by atoms with van der Waals surface area (Å²) in [5.74, 6) is -0.247. The van der Waals surface area contributed by atoms with Gasteiger partial charge < -0.3 is 15.8 Å². The topological polar surface area (TPSA) is 64.3 Å². The van der Waals surface area contributed by atoms with E-state index in [1.807, 2.05) is 25.1 Å². The van der Waals surface area contributed by atoms with Crippen LogP contribution in [0, 0.1) is 6.92 Å². The van der Waals surface area contributed by atoms with E-state index in [1.165, 1.54) is 7.11 Å². The normalized spacial score (nSPS) is 12.2. The maximum absolute atomic E-state index is 11.6. The zero-order chi connectivity index (χ0) is 12.1. The van der Waals surface area contributed by atoms with Crippen molar-refractivity contribution in [2.45, 2.75) is 13.0 Å². The van der Waals surface area contributed by atoms with Crippen molar-refractivity contribution in [1.29, 1.82) is 0 Å². The number of methoxy groups -OCH3 is 1. The van der Waals surface area contributed by atoms with Crippen LogP contribution in [0.2, 0.25) is 0 Å². The van der Waals surface area contributed by atoms with Gasteiger partial charge in [-0.25, -0.2) is 0 Å². The van der Waals surface area contributed by atoms with Gasteiger partial charge in [0.1, 0.15) is 6.04 Å². The molecule has 3 N–H and O–H groups in total. The van der Waals surface area contributed by atoms with Gasteiger partial charge in [-0.15, -0.1) is 0 Å². The summed E-state index contributed by atoms with van der Waals surface area (Å²) >= 11 is 3.39. The van der Waals surface area contributed by atoms with Crippen LogP contribution in [-0.4, -0.2) is 25.7 Å². The standard InChI is InChI=1S/C11H15BrN2O2/c1-7-5-8(3-4-9(7)12)14-11(15)10(13)6-16-2/h3-5,10H,6,13H2,1-2H3,(H,14,15). The predicted molar refractivity (Wildman–Crippen MR) is 67.4 cm³/mol. The lowest BCUT2D eigenvalue weighted by Crippen LogP contribution is -2.39. The number of rotatable bonds is 4. The molecular formula is C11H15BrN2O2. The van der Waals surface area contributed by atoms with Gasteiger partial charge in [-0.2, -0.15) is 0 Å². The quantitative estimate of drug-likeness (QED) is 0.885. The van der Waals surface area contributed by atoms with Crippen molar-refractivity contribution in [2.75, 3.05) is 19.0 Å². The Bertz CT molecular complexity index is 382. The van der Waals surface area contributed by atoms with E-state index < -0.39 is 6.04 Å². The van der Waals surface area contributed by atoms with Gasteiger partial charge in [-0.3, -0.25) is 4.79 Å². The molecule has 88 valence electrons. The van der Waals surface area contributed by atoms with E-state index in [4.69, 9.17) is 10.5 Å². The fraction of sp³-hybridized carbons (Fsp3) is 0.364. The third-order valence-corrected chi connectivity index (χ3v) is 3.00. The van der Waals surface area contributed by atoms with Crippen molar-refractivity contribution in [2.24, 2.45) is 5.73 Å². The van der Waals surface area contributed by atoms with Gasteiger partial charge in [0.15, 0.2) is 0 Å². The molecule has 0 aliphatic heterocycles. The number of carbonyl (C=O) groups excluding carboxylic acids is 1. The Kier molecular flexibility index (Phi) is 4.92. The number of benzene rings is 1. The number of halogens is 1. The van der Waals surface area contributed by atoms with E-state index in [0.717, 1.165) is 15.7 Å². The highest BCUT2D eigenvalue weighted by Crippen LogP contribution is 2.19. The lowest BCUT2D eigenvalue weighted by Gasteiger charge is -2.11. The van der Waals surface area contributed by atoms with Crippen LogP contribution in [0.1, 0.15) is 5.56 Å². The van der Waals surface area contributed by atoms with E-state index in [0.29, 0.717) is 0 Å². The van der Waals surface area contributed by atoms with Gasteiger partial charge in [-0.1, -0.05) is 15.9 Å². The molecule has 1 aromatic carbocycles. The SMILES string of the molecule is COCC(N)C(=O)Nc1ccc(Br)c(C)c1. The van der Waals surface area contributed by atoms with Crippen molar-refractivity contribution in [3.63, 3.8) is 0 Å². The number of aryl methyl sites for hydroxylation is 1. The molecule has 1 aromatic rings. The molecule has 5 heteroatoms. The largest absolute Gasteiger partial charge is 0.383 e. The minimum absolute atomic E-state index is 0.210. The molecule has 0 aliphatic rings. The molecule has 1 amide bonds. The van der Waals surface area contributed by atoms with Crippen LogP contribution < -0.4 is 11.1 Å². The highest BCUT2D eigenvalue weighted by Gasteiger charge is 2.13. The summed E-state index contributed by atoms with van der Waals surface area (Å²) in [5, 5.41) is 2.73. The zero-order valence-corrected chi connectivity index (χ0v) is 10.9. The molecule has 0 heterocycles. The van der Waals surface area contributed by atoms with Crippen LogP contribution in [0.25, 0.3) is 0 Å². The molecule has 0 radical (unpaired) electrons. The molecule has 4 nitrogen and oxygen atoms in total. The number of carbonyl (C=O) groups is 1. The first-order valence-electron chi connectivity index (χ1n) is 4.86. The summed E-state index contributed by atoms with van der Waals surface area (Å²) in [5.41, 5.74) is 7.38. The number of hydrogen-bond donors (Lipinski definition) is 2. The lowest BCUT2D eigenvalue weighted by molar-refractivity contribution is -0.118. The molecule has 1 atom stereocenters. The van der Waals surface area contributed by atoms with Crippen molar-refractivity contribution in [1.82, 2.24) is 0 Å². The van der Waals surface area contributed by atoms with Gasteiger partial charge in [0.2, 0.25) is 5.91 Å². The molecule has 0 fully saturated rings. The molecule has 16 heavy (non-hydrogen) atoms. The fourth-order valence-electron chi connectivity index (χ4n) is 1.21. The summed E-state index contributed by atoms with van der Waals surface area (Å²) in [7, 11) is 1.51. The van der Waals surface area contributed by atoms with Gasteiger partial charge in [-0.05, 0) is 30.7 Å². The second-order valence-electron chi connectivity index (χ2n) is 3.52. The number of nitrogens with two attached hydrogens (primary N) is 1. The van der Waals surface area contributed by atoms with Crippen LogP contribution in [-0.2, 0) is 9.53 Å². The van der Waals surface area contributed by atoms with Gasteiger partial charge in [0, 0.05) is 17.3 Å². The Morgan fingerprint density at radius 1 is 1.62 bits per heavy atom. The second-order valence-corrected chi connectivity index (χ2v) is 4.37. The highest BCUT2D eigenvalue weighted by molar-refractivity contribution is 9.10. The molecule has 0 saturated heterocycles. The van der Waals surface area contributed by atoms with Crippen molar-refractivity contribution >= 4 is 27.5 Å². The van der Waals surface area contributed by atoms with E-state index in [9.17, 15) is 4.79 Å². The number of anilines is 1. The molecule has 1 unspecified atom stereocenters. The Labute approximate surface area is 103 Å². The first kappa shape index (κ1) is 13.2. The van der Waals surface area contributed by atoms with Crippen LogP contribution in [0.15, 0.2) is 22.7 Å². The Morgan fingerprint density at radius 2 is 2.31 bits per heavy atom. The number of amides is 1. The average molecular weight is 287 g/mol. The summed E-state index contributed by atoms with van der Waals surface area (Å²) in [6.45, 7) is 2.16. The Balaban J connectivity index is 2.66. The lowest BCUT2D eigenvalue weighted by atomic mass is 10.2. The first-order valence-corrected chi connectivity index (χ1v) is 5.65. The molecule has 0 bridgehead atoms. The molecule has 1 rings (SSSR count). The minimum Gasteiger partial charge on any atom is -0.383 e. The summed E-state index contributed by atoms with van der Waals surface area (Å²) < 4.78 is 5.82. The third-order valence-electron chi connectivity index (χ3n) is 2.11. The van der Waals surface area contributed by atoms with Crippen LogP contribution in [0.3, 0.4) is 0 Å². The summed E-state index contributed by atoms with van der Waals surface area (Å²) in [4.78, 5) is 11.6. The number of hydrogen-bond acceptors (Lipinski definition) is 3. The Hall–Kier alpha value is -0.910. The van der Waals surface area contributed by atoms with E-state index in [2.05, 4.69) is 21.2 Å². The van der Waals surface area contributed by atoms with E-state index >= 15 is 0 Å². The van der Waals surface area contributed by atoms with Gasteiger partial charge >= 0.3 is 0 Å². The average Bonchev–Trinajstić information content (AvgIpc) is 2.24. The number of ether oxygens (including phenoxy) is 1. The Morgan fingerprint density at radius 3 is 2.88 bits per heavy atom. The summed E-state index contributed by atoms with van der Waals surface area (Å²) in [6.07, 6.45) is 0. The van der Waals surface area contributed by atoms with Crippen molar-refractivity contribution in [3.05, 3.63) is 28.2 Å². The van der Waals surface area contributed by atoms with Crippen LogP contribution in [0.5, 0.6) is 0 Å². The minimum atomic E-state index is -0.644. The zero-order valence-electron chi connectivity index (χ0n) is 9.29. The van der Waals surface area contributed by atoms with E-state index in [1.54, 1.807) is 0 Å². The fourth-order valence-corrected chi connectivity index (χ4v) is 1.46. The van der Waals surface area contributed by atoms with Gasteiger partial charge in [0.25, 0.3) is 0 Å². The predicted octanol–water partition coefficient (Wildman–Crippen LogP) is 1.67. The van der Waals surface area contributed by atoms with Crippen molar-refractivity contribution < 1.29 is 9.53 Å². The molecule has 0 aromatic heterocycles. The number of nitrogens with one attached hydrogen (secondary N) is 1. The molecule has 0 spiro atoms. The van der Waals surface area contributed by atoms with Crippen LogP contribution >= 0.6 is 15.9 Å². The third kappa shape index (κ3) is 3.59. The van der Waals surface area contributed by atoms with Crippen molar-refractivity contribution in [3.8, 4) is 0 Å². The monoisotopic (exact) mass is 286 g/mol.